The van der Waals surface area contributed by atoms with Gasteiger partial charge in [-0.1, -0.05) is 39.0 Å². The van der Waals surface area contributed by atoms with Crippen molar-refractivity contribution in [2.45, 2.75) is 40.0 Å². The van der Waals surface area contributed by atoms with Crippen LogP contribution in [0.3, 0.4) is 0 Å². The number of para-hydroxylation sites is 1. The molecule has 2 rings (SSSR count). The van der Waals surface area contributed by atoms with Crippen LogP contribution in [-0.2, 0) is 5.41 Å². The molecule has 2 aromatic rings. The first-order valence-electron chi connectivity index (χ1n) is 8.61. The largest absolute Gasteiger partial charge is 0.395 e. The minimum atomic E-state index is -0.244. The van der Waals surface area contributed by atoms with E-state index in [0.717, 1.165) is 16.9 Å². The van der Waals surface area contributed by atoms with Crippen molar-refractivity contribution in [3.8, 4) is 5.69 Å². The van der Waals surface area contributed by atoms with E-state index in [1.807, 2.05) is 44.2 Å². The molecule has 25 heavy (non-hydrogen) atoms. The molecule has 1 aromatic carbocycles. The Morgan fingerprint density at radius 3 is 2.56 bits per heavy atom. The first-order valence-corrected chi connectivity index (χ1v) is 8.61. The molecule has 0 atom stereocenters. The molecule has 0 saturated heterocycles. The molecule has 0 bridgehead atoms. The molecule has 0 fully saturated rings. The van der Waals surface area contributed by atoms with Gasteiger partial charge in [0, 0.05) is 24.6 Å². The van der Waals surface area contributed by atoms with Crippen LogP contribution >= 0.6 is 0 Å². The van der Waals surface area contributed by atoms with E-state index in [4.69, 9.17) is 10.2 Å². The molecule has 0 aliphatic carbocycles. The molecule has 6 heteroatoms. The highest BCUT2D eigenvalue weighted by atomic mass is 16.3. The van der Waals surface area contributed by atoms with Gasteiger partial charge >= 0.3 is 6.03 Å². The molecule has 0 aliphatic heterocycles. The number of benzene rings is 1. The zero-order valence-electron chi connectivity index (χ0n) is 15.7. The maximum atomic E-state index is 12.5. The van der Waals surface area contributed by atoms with Crippen molar-refractivity contribution in [1.29, 1.82) is 0 Å². The molecule has 6 nitrogen and oxygen atoms in total. The summed E-state index contributed by atoms with van der Waals surface area (Å²) in [5.41, 5.74) is 2.77. The van der Waals surface area contributed by atoms with E-state index in [2.05, 4.69) is 26.1 Å². The number of nitrogens with zero attached hydrogens (tertiary/aromatic N) is 3. The number of likely N-dealkylation sites (N-methyl/N-ethyl adjacent to an activating group) is 1. The average Bonchev–Trinajstić information content (AvgIpc) is 2.96. The number of urea groups is 1. The molecule has 1 aromatic heterocycles. The number of amides is 2. The smallest absolute Gasteiger partial charge is 0.323 e. The second-order valence-corrected chi connectivity index (χ2v) is 7.10. The number of anilines is 1. The first kappa shape index (κ1) is 19.0. The highest BCUT2D eigenvalue weighted by Gasteiger charge is 2.23. The molecule has 0 aliphatic rings. The summed E-state index contributed by atoms with van der Waals surface area (Å²) in [6.07, 6.45) is 0. The predicted molar refractivity (Wildman–Crippen MR) is 100 cm³/mol. The van der Waals surface area contributed by atoms with Crippen LogP contribution in [0, 0.1) is 6.92 Å². The van der Waals surface area contributed by atoms with E-state index in [1.54, 1.807) is 9.58 Å². The number of carbonyl (C=O) groups is 1. The van der Waals surface area contributed by atoms with E-state index >= 15 is 0 Å². The molecule has 0 radical (unpaired) electrons. The molecule has 2 N–H and O–H groups in total. The lowest BCUT2D eigenvalue weighted by atomic mass is 9.92. The van der Waals surface area contributed by atoms with Crippen molar-refractivity contribution in [3.05, 3.63) is 41.6 Å². The summed E-state index contributed by atoms with van der Waals surface area (Å²) in [6.45, 7) is 10.9. The summed E-state index contributed by atoms with van der Waals surface area (Å²) in [4.78, 5) is 14.1. The molecule has 2 amide bonds. The quantitative estimate of drug-likeness (QED) is 0.874. The summed E-state index contributed by atoms with van der Waals surface area (Å²) in [6, 6.07) is 9.60. The summed E-state index contributed by atoms with van der Waals surface area (Å²) in [5.74, 6) is 0.626. The standard InChI is InChI=1S/C19H28N4O2/c1-6-22(11-12-24)18(25)20-17-13-16(19(3,4)5)21-23(17)15-10-8-7-9-14(15)2/h7-10,13,24H,6,11-12H2,1-5H3,(H,20,25). The summed E-state index contributed by atoms with van der Waals surface area (Å²) >= 11 is 0. The topological polar surface area (TPSA) is 70.4 Å². The molecular weight excluding hydrogens is 316 g/mol. The number of hydrogen-bond acceptors (Lipinski definition) is 3. The monoisotopic (exact) mass is 344 g/mol. The van der Waals surface area contributed by atoms with Crippen LogP contribution in [0.5, 0.6) is 0 Å². The van der Waals surface area contributed by atoms with E-state index < -0.39 is 0 Å². The minimum Gasteiger partial charge on any atom is -0.395 e. The molecule has 0 saturated carbocycles. The van der Waals surface area contributed by atoms with Gasteiger partial charge in [0.05, 0.1) is 18.0 Å². The zero-order chi connectivity index (χ0) is 18.6. The lowest BCUT2D eigenvalue weighted by molar-refractivity contribution is 0.192. The molecular formula is C19H28N4O2. The number of rotatable bonds is 5. The fourth-order valence-electron chi connectivity index (χ4n) is 2.53. The SMILES string of the molecule is CCN(CCO)C(=O)Nc1cc(C(C)(C)C)nn1-c1ccccc1C. The van der Waals surface area contributed by atoms with E-state index in [-0.39, 0.29) is 18.1 Å². The number of nitrogens with one attached hydrogen (secondary N) is 1. The number of aliphatic hydroxyl groups is 1. The van der Waals surface area contributed by atoms with Crippen LogP contribution in [0.4, 0.5) is 10.6 Å². The normalized spacial score (nSPS) is 11.4. The summed E-state index contributed by atoms with van der Waals surface area (Å²) < 4.78 is 1.78. The second-order valence-electron chi connectivity index (χ2n) is 7.10. The van der Waals surface area contributed by atoms with Crippen LogP contribution in [0.15, 0.2) is 30.3 Å². The van der Waals surface area contributed by atoms with Gasteiger partial charge in [-0.25, -0.2) is 9.48 Å². The Morgan fingerprint density at radius 2 is 2.00 bits per heavy atom. The first-order chi connectivity index (χ1) is 11.8. The Kier molecular flexibility index (Phi) is 5.85. The van der Waals surface area contributed by atoms with Gasteiger partial charge < -0.3 is 10.0 Å². The zero-order valence-corrected chi connectivity index (χ0v) is 15.7. The highest BCUT2D eigenvalue weighted by molar-refractivity contribution is 5.89. The fraction of sp³-hybridized carbons (Fsp3) is 0.474. The van der Waals surface area contributed by atoms with E-state index in [9.17, 15) is 4.79 Å². The summed E-state index contributed by atoms with van der Waals surface area (Å²) in [7, 11) is 0. The van der Waals surface area contributed by atoms with Crippen molar-refractivity contribution < 1.29 is 9.90 Å². The lowest BCUT2D eigenvalue weighted by Crippen LogP contribution is -2.37. The van der Waals surface area contributed by atoms with Gasteiger partial charge in [0.25, 0.3) is 0 Å². The summed E-state index contributed by atoms with van der Waals surface area (Å²) in [5, 5.41) is 16.8. The lowest BCUT2D eigenvalue weighted by Gasteiger charge is -2.20. The van der Waals surface area contributed by atoms with Crippen molar-refractivity contribution in [2.75, 3.05) is 25.0 Å². The number of carbonyl (C=O) groups excluding carboxylic acids is 1. The van der Waals surface area contributed by atoms with Crippen LogP contribution in [0.25, 0.3) is 5.69 Å². The fourth-order valence-corrected chi connectivity index (χ4v) is 2.53. The molecule has 1 heterocycles. The van der Waals surface area contributed by atoms with Crippen LogP contribution in [-0.4, -0.2) is 45.5 Å². The van der Waals surface area contributed by atoms with E-state index in [1.165, 1.54) is 0 Å². The third kappa shape index (κ3) is 4.39. The third-order valence-electron chi connectivity index (χ3n) is 4.10. The van der Waals surface area contributed by atoms with Gasteiger partial charge in [0.1, 0.15) is 5.82 Å². The molecule has 136 valence electrons. The van der Waals surface area contributed by atoms with Gasteiger partial charge in [-0.05, 0) is 25.5 Å². The second kappa shape index (κ2) is 7.70. The van der Waals surface area contributed by atoms with Crippen LogP contribution in [0.1, 0.15) is 39.0 Å². The molecule has 0 unspecified atom stereocenters. The predicted octanol–water partition coefficient (Wildman–Crippen LogP) is 3.32. The Balaban J connectivity index is 2.44. The van der Waals surface area contributed by atoms with Crippen molar-refractivity contribution in [2.24, 2.45) is 0 Å². The molecule has 0 spiro atoms. The number of hydrogen-bond donors (Lipinski definition) is 2. The van der Waals surface area contributed by atoms with Crippen molar-refractivity contribution in [3.63, 3.8) is 0 Å². The van der Waals surface area contributed by atoms with E-state index in [0.29, 0.717) is 18.9 Å². The Hall–Kier alpha value is -2.34. The van der Waals surface area contributed by atoms with Gasteiger partial charge in [0.2, 0.25) is 0 Å². The highest BCUT2D eigenvalue weighted by Crippen LogP contribution is 2.27. The van der Waals surface area contributed by atoms with Gasteiger partial charge in [-0.2, -0.15) is 5.10 Å². The number of aliphatic hydroxyl groups excluding tert-OH is 1. The van der Waals surface area contributed by atoms with Crippen LogP contribution < -0.4 is 5.32 Å². The average molecular weight is 344 g/mol. The minimum absolute atomic E-state index is 0.0639. The van der Waals surface area contributed by atoms with Crippen molar-refractivity contribution in [1.82, 2.24) is 14.7 Å². The maximum Gasteiger partial charge on any atom is 0.323 e. The van der Waals surface area contributed by atoms with Crippen LogP contribution in [0.2, 0.25) is 0 Å². The number of aromatic nitrogens is 2. The van der Waals surface area contributed by atoms with Gasteiger partial charge in [0.15, 0.2) is 0 Å². The van der Waals surface area contributed by atoms with Gasteiger partial charge in [-0.3, -0.25) is 5.32 Å². The van der Waals surface area contributed by atoms with Crippen molar-refractivity contribution >= 4 is 11.8 Å². The Labute approximate surface area is 149 Å². The van der Waals surface area contributed by atoms with Gasteiger partial charge in [-0.15, -0.1) is 0 Å². The Morgan fingerprint density at radius 1 is 1.32 bits per heavy atom. The number of aryl methyl sites for hydroxylation is 1. The maximum absolute atomic E-state index is 12.5. The Bertz CT molecular complexity index is 731. The third-order valence-corrected chi connectivity index (χ3v) is 4.10.